The molecule has 0 radical (unpaired) electrons. The molecule has 0 saturated heterocycles. The zero-order valence-corrected chi connectivity index (χ0v) is 11.8. The molecule has 0 bridgehead atoms. The molecule has 1 rings (SSSR count). The number of hydrogen-bond acceptors (Lipinski definition) is 5. The zero-order chi connectivity index (χ0) is 15.1. The van der Waals surface area contributed by atoms with Crippen LogP contribution in [0.5, 0.6) is 0 Å². The van der Waals surface area contributed by atoms with Crippen molar-refractivity contribution in [2.75, 3.05) is 24.6 Å². The van der Waals surface area contributed by atoms with Crippen molar-refractivity contribution in [3.8, 4) is 0 Å². The van der Waals surface area contributed by atoms with Crippen molar-refractivity contribution < 1.29 is 14.8 Å². The molecule has 0 fully saturated rings. The molecule has 6 heteroatoms. The summed E-state index contributed by atoms with van der Waals surface area (Å²) in [4.78, 5) is 23.8. The van der Waals surface area contributed by atoms with Crippen molar-refractivity contribution in [3.63, 3.8) is 0 Å². The van der Waals surface area contributed by atoms with Crippen molar-refractivity contribution in [1.82, 2.24) is 0 Å². The number of Topliss-reactive ketones (excluding diaryl/α,β-unsaturated/α-hetero) is 1. The minimum atomic E-state index is -0.544. The highest BCUT2D eigenvalue weighted by atomic mass is 16.6. The van der Waals surface area contributed by atoms with Crippen LogP contribution in [-0.2, 0) is 0 Å². The predicted octanol–water partition coefficient (Wildman–Crippen LogP) is 2.40. The minimum Gasteiger partial charge on any atom is -0.395 e. The third kappa shape index (κ3) is 4.03. The summed E-state index contributed by atoms with van der Waals surface area (Å²) in [6, 6.07) is 4.57. The molecule has 0 spiro atoms. The van der Waals surface area contributed by atoms with Gasteiger partial charge in [0.2, 0.25) is 0 Å². The number of nitrogens with zero attached hydrogens (tertiary/aromatic N) is 2. The van der Waals surface area contributed by atoms with Crippen molar-refractivity contribution in [2.45, 2.75) is 26.7 Å². The fourth-order valence-corrected chi connectivity index (χ4v) is 2.01. The number of benzene rings is 1. The van der Waals surface area contributed by atoms with Crippen LogP contribution in [0.2, 0.25) is 0 Å². The van der Waals surface area contributed by atoms with E-state index >= 15 is 0 Å². The van der Waals surface area contributed by atoms with Crippen LogP contribution in [0.3, 0.4) is 0 Å². The lowest BCUT2D eigenvalue weighted by molar-refractivity contribution is -0.385. The van der Waals surface area contributed by atoms with E-state index in [4.69, 9.17) is 5.11 Å². The van der Waals surface area contributed by atoms with Crippen LogP contribution >= 0.6 is 0 Å². The summed E-state index contributed by atoms with van der Waals surface area (Å²) in [5.41, 5.74) is 0.580. The summed E-state index contributed by atoms with van der Waals surface area (Å²) in [5.74, 6) is -0.328. The molecular formula is C14H20N2O4. The average Bonchev–Trinajstić information content (AvgIpc) is 2.42. The number of rotatable bonds is 8. The van der Waals surface area contributed by atoms with Crippen LogP contribution in [0.25, 0.3) is 0 Å². The van der Waals surface area contributed by atoms with Crippen LogP contribution in [-0.4, -0.2) is 35.5 Å². The van der Waals surface area contributed by atoms with E-state index in [0.717, 1.165) is 12.8 Å². The second-order valence-corrected chi connectivity index (χ2v) is 4.58. The molecule has 0 aromatic heterocycles. The number of hydrogen-bond donors (Lipinski definition) is 1. The molecule has 0 unspecified atom stereocenters. The van der Waals surface area contributed by atoms with Gasteiger partial charge in [-0.1, -0.05) is 13.3 Å². The molecule has 0 aliphatic heterocycles. The van der Waals surface area contributed by atoms with E-state index in [9.17, 15) is 14.9 Å². The highest BCUT2D eigenvalue weighted by Crippen LogP contribution is 2.26. The largest absolute Gasteiger partial charge is 0.395 e. The van der Waals surface area contributed by atoms with E-state index in [1.807, 2.05) is 4.90 Å². The Morgan fingerprint density at radius 2 is 2.10 bits per heavy atom. The first-order valence-electron chi connectivity index (χ1n) is 6.66. The topological polar surface area (TPSA) is 83.7 Å². The van der Waals surface area contributed by atoms with Crippen molar-refractivity contribution in [2.24, 2.45) is 0 Å². The predicted molar refractivity (Wildman–Crippen MR) is 77.3 cm³/mol. The van der Waals surface area contributed by atoms with Gasteiger partial charge in [0.15, 0.2) is 5.78 Å². The maximum absolute atomic E-state index is 11.4. The standard InChI is InChI=1S/C14H20N2O4/c1-3-4-7-15(8-9-17)12-5-6-13(11(2)18)14(10-12)16(19)20/h5-6,10,17H,3-4,7-9H2,1-2H3. The zero-order valence-electron chi connectivity index (χ0n) is 11.8. The number of nitro benzene ring substituents is 1. The number of carbonyl (C=O) groups excluding carboxylic acids is 1. The highest BCUT2D eigenvalue weighted by molar-refractivity contribution is 5.98. The van der Waals surface area contributed by atoms with Gasteiger partial charge in [0.25, 0.3) is 5.69 Å². The Hall–Kier alpha value is -1.95. The number of aliphatic hydroxyl groups is 1. The smallest absolute Gasteiger partial charge is 0.282 e. The Balaban J connectivity index is 3.13. The van der Waals surface area contributed by atoms with Crippen LogP contribution in [0.1, 0.15) is 37.0 Å². The van der Waals surface area contributed by atoms with Crippen molar-refractivity contribution >= 4 is 17.2 Å². The molecule has 0 amide bonds. The Bertz CT molecular complexity index is 488. The molecule has 0 aliphatic carbocycles. The molecule has 110 valence electrons. The summed E-state index contributed by atoms with van der Waals surface area (Å²) < 4.78 is 0. The molecule has 1 N–H and O–H groups in total. The second kappa shape index (κ2) is 7.59. The fourth-order valence-electron chi connectivity index (χ4n) is 2.01. The highest BCUT2D eigenvalue weighted by Gasteiger charge is 2.19. The van der Waals surface area contributed by atoms with Gasteiger partial charge in [-0.2, -0.15) is 0 Å². The Morgan fingerprint density at radius 1 is 1.40 bits per heavy atom. The average molecular weight is 280 g/mol. The Kier molecular flexibility index (Phi) is 6.11. The fraction of sp³-hybridized carbons (Fsp3) is 0.500. The summed E-state index contributed by atoms with van der Waals surface area (Å²) >= 11 is 0. The van der Waals surface area contributed by atoms with Gasteiger partial charge in [0, 0.05) is 24.8 Å². The van der Waals surface area contributed by atoms with Gasteiger partial charge in [0.1, 0.15) is 0 Å². The quantitative estimate of drug-likeness (QED) is 0.449. The maximum Gasteiger partial charge on any atom is 0.282 e. The molecule has 0 atom stereocenters. The summed E-state index contributed by atoms with van der Waals surface area (Å²) in [6.07, 6.45) is 1.93. The van der Waals surface area contributed by atoms with Gasteiger partial charge in [-0.3, -0.25) is 14.9 Å². The number of carbonyl (C=O) groups is 1. The number of aliphatic hydroxyl groups excluding tert-OH is 1. The maximum atomic E-state index is 11.4. The first-order valence-corrected chi connectivity index (χ1v) is 6.66. The minimum absolute atomic E-state index is 0.0219. The summed E-state index contributed by atoms with van der Waals surface area (Å²) in [6.45, 7) is 4.47. The van der Waals surface area contributed by atoms with E-state index in [1.165, 1.54) is 19.1 Å². The number of ketones is 1. The molecular weight excluding hydrogens is 260 g/mol. The lowest BCUT2D eigenvalue weighted by Crippen LogP contribution is -2.27. The molecule has 0 heterocycles. The summed E-state index contributed by atoms with van der Waals surface area (Å²) in [5, 5.41) is 20.1. The Labute approximate surface area is 118 Å². The van der Waals surface area contributed by atoms with Gasteiger partial charge in [-0.05, 0) is 25.5 Å². The molecule has 1 aromatic carbocycles. The van der Waals surface area contributed by atoms with E-state index in [0.29, 0.717) is 18.8 Å². The number of nitro groups is 1. The van der Waals surface area contributed by atoms with Crippen LogP contribution in [0, 0.1) is 10.1 Å². The van der Waals surface area contributed by atoms with Gasteiger partial charge in [-0.15, -0.1) is 0 Å². The first-order chi connectivity index (χ1) is 9.51. The SMILES string of the molecule is CCCCN(CCO)c1ccc(C(C)=O)c([N+](=O)[O-])c1. The summed E-state index contributed by atoms with van der Waals surface area (Å²) in [7, 11) is 0. The molecule has 0 saturated carbocycles. The van der Waals surface area contributed by atoms with E-state index in [-0.39, 0.29) is 23.6 Å². The second-order valence-electron chi connectivity index (χ2n) is 4.58. The monoisotopic (exact) mass is 280 g/mol. The number of anilines is 1. The normalized spacial score (nSPS) is 10.3. The lowest BCUT2D eigenvalue weighted by atomic mass is 10.1. The van der Waals surface area contributed by atoms with E-state index in [1.54, 1.807) is 6.07 Å². The van der Waals surface area contributed by atoms with Crippen LogP contribution in [0.15, 0.2) is 18.2 Å². The van der Waals surface area contributed by atoms with Gasteiger partial charge in [0.05, 0.1) is 17.1 Å². The van der Waals surface area contributed by atoms with E-state index < -0.39 is 4.92 Å². The van der Waals surface area contributed by atoms with Crippen molar-refractivity contribution in [3.05, 3.63) is 33.9 Å². The van der Waals surface area contributed by atoms with E-state index in [2.05, 4.69) is 6.92 Å². The number of unbranched alkanes of at least 4 members (excludes halogenated alkanes) is 1. The first kappa shape index (κ1) is 16.1. The Morgan fingerprint density at radius 3 is 2.60 bits per heavy atom. The molecule has 20 heavy (non-hydrogen) atoms. The molecule has 6 nitrogen and oxygen atoms in total. The third-order valence-electron chi connectivity index (χ3n) is 3.07. The molecule has 0 aliphatic rings. The van der Waals surface area contributed by atoms with Gasteiger partial charge < -0.3 is 10.0 Å². The third-order valence-corrected chi connectivity index (χ3v) is 3.07. The van der Waals surface area contributed by atoms with Crippen LogP contribution in [0.4, 0.5) is 11.4 Å². The van der Waals surface area contributed by atoms with Gasteiger partial charge in [-0.25, -0.2) is 0 Å². The van der Waals surface area contributed by atoms with Crippen molar-refractivity contribution in [1.29, 1.82) is 0 Å². The molecule has 1 aromatic rings. The van der Waals surface area contributed by atoms with Crippen LogP contribution < -0.4 is 4.90 Å². The van der Waals surface area contributed by atoms with Gasteiger partial charge >= 0.3 is 0 Å². The lowest BCUT2D eigenvalue weighted by Gasteiger charge is -2.23.